The second-order valence-corrected chi connectivity index (χ2v) is 7.10. The van der Waals surface area contributed by atoms with Crippen LogP contribution in [-0.4, -0.2) is 45.2 Å². The lowest BCUT2D eigenvalue weighted by atomic mass is 10.00. The van der Waals surface area contributed by atoms with Crippen LogP contribution in [0.25, 0.3) is 0 Å². The first kappa shape index (κ1) is 18.9. The van der Waals surface area contributed by atoms with Crippen LogP contribution in [0.4, 0.5) is 0 Å². The molecule has 6 nitrogen and oxygen atoms in total. The van der Waals surface area contributed by atoms with Crippen molar-refractivity contribution in [2.24, 2.45) is 5.92 Å². The van der Waals surface area contributed by atoms with E-state index in [2.05, 4.69) is 53.4 Å². The van der Waals surface area contributed by atoms with Gasteiger partial charge < -0.3 is 19.4 Å². The van der Waals surface area contributed by atoms with Gasteiger partial charge in [-0.2, -0.15) is 0 Å². The van der Waals surface area contributed by atoms with E-state index in [-0.39, 0.29) is 6.04 Å². The van der Waals surface area contributed by atoms with Gasteiger partial charge in [-0.15, -0.1) is 0 Å². The largest absolute Gasteiger partial charge is 0.492 e. The monoisotopic (exact) mass is 358 g/mol. The summed E-state index contributed by atoms with van der Waals surface area (Å²) in [5.41, 5.74) is 7.76. The Kier molecular flexibility index (Phi) is 6.68. The van der Waals surface area contributed by atoms with E-state index in [1.165, 1.54) is 5.56 Å². The molecule has 0 spiro atoms. The summed E-state index contributed by atoms with van der Waals surface area (Å²) >= 11 is 0. The summed E-state index contributed by atoms with van der Waals surface area (Å²) < 4.78 is 11.7. The van der Waals surface area contributed by atoms with E-state index < -0.39 is 0 Å². The molecule has 1 fully saturated rings. The number of hydrazine groups is 1. The Hall–Kier alpha value is -1.86. The summed E-state index contributed by atoms with van der Waals surface area (Å²) in [6.45, 7) is 6.19. The van der Waals surface area contributed by atoms with Crippen molar-refractivity contribution in [3.05, 3.63) is 53.5 Å². The number of likely N-dealkylation sites (N-methyl/N-ethyl adjacent to an activating group) is 1. The summed E-state index contributed by atoms with van der Waals surface area (Å²) in [7, 11) is 4.11. The number of hydrogen-bond acceptors (Lipinski definition) is 6. The van der Waals surface area contributed by atoms with Crippen molar-refractivity contribution in [2.45, 2.75) is 19.5 Å². The van der Waals surface area contributed by atoms with Gasteiger partial charge in [-0.05, 0) is 39.2 Å². The fraction of sp³-hybridized carbons (Fsp3) is 0.500. The molecule has 2 aromatic rings. The lowest BCUT2D eigenvalue weighted by Crippen LogP contribution is -2.28. The number of furan rings is 1. The number of rotatable bonds is 9. The van der Waals surface area contributed by atoms with Gasteiger partial charge in [-0.1, -0.05) is 18.2 Å². The third-order valence-electron chi connectivity index (χ3n) is 4.65. The number of hydrogen-bond donors (Lipinski definition) is 3. The molecule has 1 aliphatic rings. The first-order valence-corrected chi connectivity index (χ1v) is 9.24. The average molecular weight is 358 g/mol. The summed E-state index contributed by atoms with van der Waals surface area (Å²) in [4.78, 5) is 2.12. The summed E-state index contributed by atoms with van der Waals surface area (Å²) in [5.74, 6) is 3.33. The minimum atomic E-state index is 0.197. The van der Waals surface area contributed by atoms with Crippen molar-refractivity contribution in [3.63, 3.8) is 0 Å². The molecule has 142 valence electrons. The molecule has 0 amide bonds. The molecular weight excluding hydrogens is 328 g/mol. The van der Waals surface area contributed by atoms with Crippen LogP contribution in [0.5, 0.6) is 5.75 Å². The SMILES string of the molecule is Cc1ccc(C2NNCC2CNCc2ccccc2OCCN(C)C)o1. The number of ether oxygens (including phenoxy) is 1. The quantitative estimate of drug-likeness (QED) is 0.638. The highest BCUT2D eigenvalue weighted by molar-refractivity contribution is 5.33. The van der Waals surface area contributed by atoms with Gasteiger partial charge in [0.15, 0.2) is 0 Å². The van der Waals surface area contributed by atoms with E-state index in [1.807, 2.05) is 25.1 Å². The average Bonchev–Trinajstić information content (AvgIpc) is 3.24. The maximum Gasteiger partial charge on any atom is 0.123 e. The molecule has 2 unspecified atom stereocenters. The minimum Gasteiger partial charge on any atom is -0.492 e. The summed E-state index contributed by atoms with van der Waals surface area (Å²) in [6, 6.07) is 12.5. The lowest BCUT2D eigenvalue weighted by Gasteiger charge is -2.18. The molecule has 2 atom stereocenters. The second-order valence-electron chi connectivity index (χ2n) is 7.10. The number of para-hydroxylation sites is 1. The molecule has 0 bridgehead atoms. The fourth-order valence-corrected chi connectivity index (χ4v) is 3.17. The van der Waals surface area contributed by atoms with E-state index in [1.54, 1.807) is 0 Å². The molecular formula is C20H30N4O2. The minimum absolute atomic E-state index is 0.197. The Morgan fingerprint density at radius 2 is 2.08 bits per heavy atom. The predicted molar refractivity (Wildman–Crippen MR) is 103 cm³/mol. The molecule has 2 heterocycles. The van der Waals surface area contributed by atoms with E-state index in [0.717, 1.165) is 43.4 Å². The van der Waals surface area contributed by atoms with Crippen molar-refractivity contribution in [3.8, 4) is 5.75 Å². The van der Waals surface area contributed by atoms with Crippen LogP contribution in [0, 0.1) is 12.8 Å². The smallest absolute Gasteiger partial charge is 0.123 e. The van der Waals surface area contributed by atoms with E-state index in [9.17, 15) is 0 Å². The molecule has 0 radical (unpaired) electrons. The highest BCUT2D eigenvalue weighted by Gasteiger charge is 2.30. The van der Waals surface area contributed by atoms with Crippen LogP contribution >= 0.6 is 0 Å². The molecule has 0 saturated carbocycles. The van der Waals surface area contributed by atoms with Gasteiger partial charge in [0.1, 0.15) is 23.9 Å². The van der Waals surface area contributed by atoms with E-state index >= 15 is 0 Å². The number of aryl methyl sites for hydroxylation is 1. The second kappa shape index (κ2) is 9.19. The van der Waals surface area contributed by atoms with Crippen LogP contribution in [0.1, 0.15) is 23.1 Å². The third-order valence-corrected chi connectivity index (χ3v) is 4.65. The summed E-state index contributed by atoms with van der Waals surface area (Å²) in [6.07, 6.45) is 0. The van der Waals surface area contributed by atoms with Crippen LogP contribution in [-0.2, 0) is 6.54 Å². The molecule has 26 heavy (non-hydrogen) atoms. The van der Waals surface area contributed by atoms with Crippen molar-refractivity contribution in [1.82, 2.24) is 21.1 Å². The van der Waals surface area contributed by atoms with Crippen LogP contribution in [0.15, 0.2) is 40.8 Å². The molecule has 1 aromatic heterocycles. The molecule has 0 aliphatic carbocycles. The molecule has 1 aliphatic heterocycles. The van der Waals surface area contributed by atoms with Crippen molar-refractivity contribution >= 4 is 0 Å². The zero-order valence-corrected chi connectivity index (χ0v) is 15.9. The normalized spacial score (nSPS) is 20.0. The van der Waals surface area contributed by atoms with Crippen LogP contribution < -0.4 is 20.9 Å². The van der Waals surface area contributed by atoms with Gasteiger partial charge in [0.25, 0.3) is 0 Å². The number of nitrogens with zero attached hydrogens (tertiary/aromatic N) is 1. The number of benzene rings is 1. The standard InChI is InChI=1S/C20H30N4O2/c1-15-8-9-19(26-15)20-17(14-22-23-20)13-21-12-16-6-4-5-7-18(16)25-11-10-24(2)3/h4-9,17,20-23H,10-14H2,1-3H3. The van der Waals surface area contributed by atoms with Crippen LogP contribution in [0.3, 0.4) is 0 Å². The molecule has 1 saturated heterocycles. The third kappa shape index (κ3) is 5.08. The Labute approximate surface area is 155 Å². The van der Waals surface area contributed by atoms with Crippen molar-refractivity contribution < 1.29 is 9.15 Å². The van der Waals surface area contributed by atoms with Gasteiger partial charge >= 0.3 is 0 Å². The first-order chi connectivity index (χ1) is 12.6. The van der Waals surface area contributed by atoms with Crippen LogP contribution in [0.2, 0.25) is 0 Å². The Morgan fingerprint density at radius 1 is 1.23 bits per heavy atom. The Bertz CT molecular complexity index is 686. The van der Waals surface area contributed by atoms with Crippen molar-refractivity contribution in [2.75, 3.05) is 40.3 Å². The zero-order valence-electron chi connectivity index (χ0n) is 15.9. The zero-order chi connectivity index (χ0) is 18.4. The first-order valence-electron chi connectivity index (χ1n) is 9.24. The van der Waals surface area contributed by atoms with E-state index in [4.69, 9.17) is 9.15 Å². The Balaban J connectivity index is 1.51. The topological polar surface area (TPSA) is 61.7 Å². The lowest BCUT2D eigenvalue weighted by molar-refractivity contribution is 0.259. The Morgan fingerprint density at radius 3 is 2.85 bits per heavy atom. The van der Waals surface area contributed by atoms with Gasteiger partial charge in [0.2, 0.25) is 0 Å². The predicted octanol–water partition coefficient (Wildman–Crippen LogP) is 2.08. The maximum atomic E-state index is 5.94. The van der Waals surface area contributed by atoms with Gasteiger partial charge in [-0.25, -0.2) is 5.43 Å². The van der Waals surface area contributed by atoms with E-state index in [0.29, 0.717) is 12.5 Å². The fourth-order valence-electron chi connectivity index (χ4n) is 3.17. The van der Waals surface area contributed by atoms with Gasteiger partial charge in [0.05, 0.1) is 6.04 Å². The number of nitrogens with one attached hydrogen (secondary N) is 3. The molecule has 3 rings (SSSR count). The highest BCUT2D eigenvalue weighted by atomic mass is 16.5. The summed E-state index contributed by atoms with van der Waals surface area (Å²) in [5, 5.41) is 3.58. The maximum absolute atomic E-state index is 5.94. The highest BCUT2D eigenvalue weighted by Crippen LogP contribution is 2.26. The molecule has 1 aromatic carbocycles. The van der Waals surface area contributed by atoms with Crippen molar-refractivity contribution in [1.29, 1.82) is 0 Å². The van der Waals surface area contributed by atoms with Gasteiger partial charge in [0, 0.05) is 37.7 Å². The molecule has 3 N–H and O–H groups in total. The van der Waals surface area contributed by atoms with Gasteiger partial charge in [-0.3, -0.25) is 5.43 Å². The molecule has 6 heteroatoms.